The highest BCUT2D eigenvalue weighted by Crippen LogP contribution is 2.32. The van der Waals surface area contributed by atoms with Crippen LogP contribution in [0, 0.1) is 17.8 Å². The monoisotopic (exact) mass is 234 g/mol. The van der Waals surface area contributed by atoms with Gasteiger partial charge in [0.05, 0.1) is 0 Å². The van der Waals surface area contributed by atoms with E-state index in [1.54, 1.807) is 0 Å². The summed E-state index contributed by atoms with van der Waals surface area (Å²) in [6, 6.07) is 0. The van der Waals surface area contributed by atoms with Crippen molar-refractivity contribution in [3.63, 3.8) is 0 Å². The van der Waals surface area contributed by atoms with Gasteiger partial charge in [0, 0.05) is 18.8 Å². The lowest BCUT2D eigenvalue weighted by Crippen LogP contribution is -2.12. The molecule has 0 aliphatic heterocycles. The third-order valence-electron chi connectivity index (χ3n) is 3.06. The van der Waals surface area contributed by atoms with Crippen molar-refractivity contribution < 1.29 is 13.6 Å². The second-order valence-electron chi connectivity index (χ2n) is 4.98. The summed E-state index contributed by atoms with van der Waals surface area (Å²) in [5.74, 6) is 2.25. The second-order valence-corrected chi connectivity index (χ2v) is 4.98. The maximum atomic E-state index is 11.2. The number of carbonyl (C=O) groups is 1. The Morgan fingerprint density at radius 3 is 2.12 bits per heavy atom. The lowest BCUT2D eigenvalue weighted by atomic mass is 9.89. The first kappa shape index (κ1) is 15.5. The number of Topliss-reactive ketones (excluding diaryl/α,β-unsaturated/α-hetero) is 1. The van der Waals surface area contributed by atoms with E-state index in [2.05, 4.69) is 20.8 Å². The predicted molar refractivity (Wildman–Crippen MR) is 62.6 cm³/mol. The normalized spacial score (nSPS) is 24.9. The van der Waals surface area contributed by atoms with Gasteiger partial charge >= 0.3 is 0 Å². The summed E-state index contributed by atoms with van der Waals surface area (Å²) in [6.07, 6.45) is 1.05. The van der Waals surface area contributed by atoms with E-state index in [9.17, 15) is 13.6 Å². The fraction of sp³-hybridized carbons (Fsp3) is 0.923. The summed E-state index contributed by atoms with van der Waals surface area (Å²) in [6.45, 7) is 8.00. The Hall–Kier alpha value is -0.470. The Labute approximate surface area is 97.6 Å². The molecule has 1 saturated carbocycles. The summed E-state index contributed by atoms with van der Waals surface area (Å²) in [5, 5.41) is 0. The van der Waals surface area contributed by atoms with Crippen LogP contribution in [-0.4, -0.2) is 12.2 Å². The Bertz CT molecular complexity index is 202. The molecule has 0 radical (unpaired) electrons. The quantitative estimate of drug-likeness (QED) is 0.711. The molecule has 0 heterocycles. The molecule has 0 spiro atoms. The van der Waals surface area contributed by atoms with Crippen LogP contribution in [0.25, 0.3) is 0 Å². The molecule has 1 aliphatic carbocycles. The number of carbonyl (C=O) groups excluding carboxylic acids is 1. The minimum absolute atomic E-state index is 0.0278. The van der Waals surface area contributed by atoms with Crippen molar-refractivity contribution in [2.24, 2.45) is 17.8 Å². The van der Waals surface area contributed by atoms with E-state index in [-0.39, 0.29) is 6.42 Å². The molecule has 16 heavy (non-hydrogen) atoms. The van der Waals surface area contributed by atoms with E-state index in [4.69, 9.17) is 0 Å². The van der Waals surface area contributed by atoms with Crippen molar-refractivity contribution in [2.45, 2.75) is 59.8 Å². The first-order chi connectivity index (χ1) is 7.38. The first-order valence-electron chi connectivity index (χ1n) is 6.19. The van der Waals surface area contributed by atoms with Crippen molar-refractivity contribution in [3.05, 3.63) is 0 Å². The fourth-order valence-corrected chi connectivity index (χ4v) is 2.00. The van der Waals surface area contributed by atoms with Gasteiger partial charge in [0.2, 0.25) is 6.43 Å². The van der Waals surface area contributed by atoms with Crippen molar-refractivity contribution in [1.82, 2.24) is 0 Å². The standard InChI is InChI=1S/C10H18O.C3H6F2/c1-7(2)6-9-4-5-10(11)8(9)3;1-2-3(4)5/h7-9H,4-6H2,1-3H3;3H,2H2,1H3. The number of hydrogen-bond acceptors (Lipinski definition) is 1. The van der Waals surface area contributed by atoms with E-state index in [0.717, 1.165) is 18.8 Å². The number of rotatable bonds is 3. The van der Waals surface area contributed by atoms with Gasteiger partial charge in [-0.25, -0.2) is 8.78 Å². The number of ketones is 1. The van der Waals surface area contributed by atoms with Crippen LogP contribution in [0.3, 0.4) is 0 Å². The molecule has 1 aliphatic rings. The van der Waals surface area contributed by atoms with Gasteiger partial charge in [-0.1, -0.05) is 27.7 Å². The molecule has 1 fully saturated rings. The van der Waals surface area contributed by atoms with Gasteiger partial charge in [-0.15, -0.1) is 0 Å². The van der Waals surface area contributed by atoms with Crippen LogP contribution in [0.4, 0.5) is 8.78 Å². The van der Waals surface area contributed by atoms with Crippen molar-refractivity contribution >= 4 is 5.78 Å². The molecule has 0 N–H and O–H groups in total. The first-order valence-corrected chi connectivity index (χ1v) is 6.19. The minimum Gasteiger partial charge on any atom is -0.299 e. The van der Waals surface area contributed by atoms with E-state index in [0.29, 0.717) is 17.6 Å². The zero-order chi connectivity index (χ0) is 12.7. The highest BCUT2D eigenvalue weighted by atomic mass is 19.3. The average molecular weight is 234 g/mol. The number of halogens is 2. The molecule has 0 saturated heterocycles. The Morgan fingerprint density at radius 1 is 1.38 bits per heavy atom. The lowest BCUT2D eigenvalue weighted by Gasteiger charge is -2.15. The van der Waals surface area contributed by atoms with Crippen LogP contribution in [0.5, 0.6) is 0 Å². The van der Waals surface area contributed by atoms with Crippen molar-refractivity contribution in [3.8, 4) is 0 Å². The third-order valence-corrected chi connectivity index (χ3v) is 3.06. The Kier molecular flexibility index (Phi) is 7.52. The van der Waals surface area contributed by atoms with Gasteiger partial charge in [0.1, 0.15) is 5.78 Å². The summed E-state index contributed by atoms with van der Waals surface area (Å²) >= 11 is 0. The largest absolute Gasteiger partial charge is 0.299 e. The molecule has 96 valence electrons. The predicted octanol–water partition coefficient (Wildman–Crippen LogP) is 4.31. The van der Waals surface area contributed by atoms with Crippen molar-refractivity contribution in [1.29, 1.82) is 0 Å². The van der Waals surface area contributed by atoms with Crippen LogP contribution in [-0.2, 0) is 4.79 Å². The summed E-state index contributed by atoms with van der Waals surface area (Å²) in [4.78, 5) is 11.2. The lowest BCUT2D eigenvalue weighted by molar-refractivity contribution is -0.120. The summed E-state index contributed by atoms with van der Waals surface area (Å²) < 4.78 is 21.5. The Morgan fingerprint density at radius 2 is 1.88 bits per heavy atom. The molecule has 1 rings (SSSR count). The molecule has 2 atom stereocenters. The van der Waals surface area contributed by atoms with Gasteiger partial charge in [-0.3, -0.25) is 4.79 Å². The average Bonchev–Trinajstić information content (AvgIpc) is 2.50. The zero-order valence-corrected chi connectivity index (χ0v) is 10.8. The highest BCUT2D eigenvalue weighted by molar-refractivity contribution is 5.82. The third kappa shape index (κ3) is 6.19. The molecular weight excluding hydrogens is 210 g/mol. The molecule has 0 bridgehead atoms. The van der Waals surface area contributed by atoms with E-state index >= 15 is 0 Å². The van der Waals surface area contributed by atoms with Crippen LogP contribution in [0.1, 0.15) is 53.4 Å². The molecule has 3 heteroatoms. The summed E-state index contributed by atoms with van der Waals surface area (Å²) in [7, 11) is 0. The smallest absolute Gasteiger partial charge is 0.238 e. The van der Waals surface area contributed by atoms with Crippen LogP contribution in [0.15, 0.2) is 0 Å². The van der Waals surface area contributed by atoms with Gasteiger partial charge in [-0.2, -0.15) is 0 Å². The topological polar surface area (TPSA) is 17.1 Å². The molecule has 0 aromatic carbocycles. The van der Waals surface area contributed by atoms with Gasteiger partial charge in [0.15, 0.2) is 0 Å². The maximum absolute atomic E-state index is 11.2. The zero-order valence-electron chi connectivity index (χ0n) is 10.8. The van der Waals surface area contributed by atoms with E-state index < -0.39 is 6.43 Å². The highest BCUT2D eigenvalue weighted by Gasteiger charge is 2.30. The van der Waals surface area contributed by atoms with Gasteiger partial charge in [-0.05, 0) is 24.7 Å². The molecular formula is C13H24F2O. The summed E-state index contributed by atoms with van der Waals surface area (Å²) in [5.41, 5.74) is 0. The van der Waals surface area contributed by atoms with Crippen LogP contribution >= 0.6 is 0 Å². The Balaban J connectivity index is 0.000000385. The van der Waals surface area contributed by atoms with Crippen LogP contribution < -0.4 is 0 Å². The number of hydrogen-bond donors (Lipinski definition) is 0. The van der Waals surface area contributed by atoms with Gasteiger partial charge in [0.25, 0.3) is 0 Å². The van der Waals surface area contributed by atoms with Crippen LogP contribution in [0.2, 0.25) is 0 Å². The van der Waals surface area contributed by atoms with E-state index in [1.807, 2.05) is 0 Å². The second kappa shape index (κ2) is 7.75. The fourth-order valence-electron chi connectivity index (χ4n) is 2.00. The minimum atomic E-state index is -2.12. The SMILES string of the molecule is CC(C)CC1CCC(=O)C1C.CCC(F)F. The molecule has 0 aromatic heterocycles. The molecule has 2 unspecified atom stereocenters. The van der Waals surface area contributed by atoms with E-state index in [1.165, 1.54) is 13.3 Å². The molecule has 0 aromatic rings. The number of alkyl halides is 2. The molecule has 1 nitrogen and oxygen atoms in total. The maximum Gasteiger partial charge on any atom is 0.238 e. The van der Waals surface area contributed by atoms with Crippen molar-refractivity contribution in [2.75, 3.05) is 0 Å². The van der Waals surface area contributed by atoms with Gasteiger partial charge < -0.3 is 0 Å². The molecule has 0 amide bonds.